The zero-order valence-electron chi connectivity index (χ0n) is 11.3. The molecule has 2 heterocycles. The largest absolute Gasteiger partial charge is 0.388 e. The summed E-state index contributed by atoms with van der Waals surface area (Å²) in [6.07, 6.45) is 1.79. The summed E-state index contributed by atoms with van der Waals surface area (Å²) in [6, 6.07) is 0. The molecule has 2 rings (SSSR count). The summed E-state index contributed by atoms with van der Waals surface area (Å²) in [5.74, 6) is 0.860. The standard InChI is InChI=1S/C13H21N3O/c1-9-10(2)15-11(6-14-9)16-7-12(3,4)13(5,17)8-16/h6,17H,7-8H2,1-5H3/t13-/m1/s1. The molecule has 94 valence electrons. The van der Waals surface area contributed by atoms with Crippen molar-refractivity contribution in [1.29, 1.82) is 0 Å². The van der Waals surface area contributed by atoms with Crippen molar-refractivity contribution in [3.8, 4) is 0 Å². The minimum absolute atomic E-state index is 0.131. The second-order valence-electron chi connectivity index (χ2n) is 5.91. The van der Waals surface area contributed by atoms with E-state index in [0.29, 0.717) is 6.54 Å². The van der Waals surface area contributed by atoms with E-state index in [4.69, 9.17) is 0 Å². The number of aliphatic hydroxyl groups is 1. The zero-order valence-corrected chi connectivity index (χ0v) is 11.3. The van der Waals surface area contributed by atoms with E-state index < -0.39 is 5.60 Å². The molecule has 0 aliphatic carbocycles. The number of rotatable bonds is 1. The molecule has 0 saturated carbocycles. The SMILES string of the molecule is Cc1ncc(N2CC(C)(C)[C@](C)(O)C2)nc1C. The van der Waals surface area contributed by atoms with Gasteiger partial charge in [-0.25, -0.2) is 4.98 Å². The molecule has 1 aromatic rings. The highest BCUT2D eigenvalue weighted by molar-refractivity contribution is 5.41. The summed E-state index contributed by atoms with van der Waals surface area (Å²) in [4.78, 5) is 11.0. The third-order valence-electron chi connectivity index (χ3n) is 4.05. The molecule has 1 saturated heterocycles. The van der Waals surface area contributed by atoms with Gasteiger partial charge in [-0.05, 0) is 20.8 Å². The third kappa shape index (κ3) is 2.02. The Morgan fingerprint density at radius 3 is 2.29 bits per heavy atom. The Bertz CT molecular complexity index is 424. The van der Waals surface area contributed by atoms with Crippen molar-refractivity contribution in [2.75, 3.05) is 18.0 Å². The fourth-order valence-electron chi connectivity index (χ4n) is 2.13. The van der Waals surface area contributed by atoms with Crippen molar-refractivity contribution in [3.63, 3.8) is 0 Å². The van der Waals surface area contributed by atoms with Crippen LogP contribution in [0.15, 0.2) is 6.20 Å². The van der Waals surface area contributed by atoms with E-state index in [0.717, 1.165) is 23.8 Å². The quantitative estimate of drug-likeness (QED) is 0.804. The van der Waals surface area contributed by atoms with Crippen LogP contribution in [0.1, 0.15) is 32.2 Å². The molecule has 1 aliphatic heterocycles. The van der Waals surface area contributed by atoms with Crippen molar-refractivity contribution in [1.82, 2.24) is 9.97 Å². The minimum atomic E-state index is -0.687. The van der Waals surface area contributed by atoms with Gasteiger partial charge in [0.05, 0.1) is 23.2 Å². The molecule has 1 N–H and O–H groups in total. The maximum Gasteiger partial charge on any atom is 0.147 e. The lowest BCUT2D eigenvalue weighted by atomic mass is 9.79. The van der Waals surface area contributed by atoms with Gasteiger partial charge >= 0.3 is 0 Å². The van der Waals surface area contributed by atoms with Gasteiger partial charge < -0.3 is 10.0 Å². The number of aromatic nitrogens is 2. The van der Waals surface area contributed by atoms with Crippen LogP contribution in [-0.4, -0.2) is 33.8 Å². The minimum Gasteiger partial charge on any atom is -0.388 e. The van der Waals surface area contributed by atoms with E-state index in [1.165, 1.54) is 0 Å². The van der Waals surface area contributed by atoms with Crippen molar-refractivity contribution in [2.24, 2.45) is 5.41 Å². The van der Waals surface area contributed by atoms with Gasteiger partial charge in [-0.2, -0.15) is 0 Å². The number of hydrogen-bond acceptors (Lipinski definition) is 4. The number of aryl methyl sites for hydroxylation is 2. The fourth-order valence-corrected chi connectivity index (χ4v) is 2.13. The Morgan fingerprint density at radius 2 is 1.82 bits per heavy atom. The van der Waals surface area contributed by atoms with Gasteiger partial charge in [-0.3, -0.25) is 4.98 Å². The van der Waals surface area contributed by atoms with Crippen LogP contribution in [0.2, 0.25) is 0 Å². The smallest absolute Gasteiger partial charge is 0.147 e. The average Bonchev–Trinajstić information content (AvgIpc) is 2.41. The van der Waals surface area contributed by atoms with Gasteiger partial charge in [0.25, 0.3) is 0 Å². The first-order valence-electron chi connectivity index (χ1n) is 6.00. The van der Waals surface area contributed by atoms with Crippen LogP contribution in [0.5, 0.6) is 0 Å². The third-order valence-corrected chi connectivity index (χ3v) is 4.05. The van der Waals surface area contributed by atoms with E-state index in [-0.39, 0.29) is 5.41 Å². The number of β-amino-alcohol motifs (C(OH)–C–C–N with tert-alkyl or cyclic N) is 1. The molecule has 0 aromatic carbocycles. The summed E-state index contributed by atoms with van der Waals surface area (Å²) in [6.45, 7) is 11.4. The lowest BCUT2D eigenvalue weighted by Gasteiger charge is -2.30. The summed E-state index contributed by atoms with van der Waals surface area (Å²) in [5.41, 5.74) is 1.09. The lowest BCUT2D eigenvalue weighted by Crippen LogP contribution is -2.40. The van der Waals surface area contributed by atoms with E-state index in [2.05, 4.69) is 28.7 Å². The first-order valence-corrected chi connectivity index (χ1v) is 6.00. The van der Waals surface area contributed by atoms with E-state index in [1.54, 1.807) is 6.20 Å². The van der Waals surface area contributed by atoms with Gasteiger partial charge in [0.2, 0.25) is 0 Å². The van der Waals surface area contributed by atoms with Crippen LogP contribution in [0.25, 0.3) is 0 Å². The molecule has 0 unspecified atom stereocenters. The first kappa shape index (κ1) is 12.3. The van der Waals surface area contributed by atoms with Gasteiger partial charge in [-0.15, -0.1) is 0 Å². The summed E-state index contributed by atoms with van der Waals surface area (Å²) < 4.78 is 0. The summed E-state index contributed by atoms with van der Waals surface area (Å²) >= 11 is 0. The first-order chi connectivity index (χ1) is 7.73. The number of anilines is 1. The Labute approximate surface area is 103 Å². The normalized spacial score (nSPS) is 27.5. The monoisotopic (exact) mass is 235 g/mol. The maximum absolute atomic E-state index is 10.4. The topological polar surface area (TPSA) is 49.2 Å². The Balaban J connectivity index is 2.29. The molecule has 4 nitrogen and oxygen atoms in total. The van der Waals surface area contributed by atoms with Gasteiger partial charge in [0.1, 0.15) is 5.82 Å². The average molecular weight is 235 g/mol. The maximum atomic E-state index is 10.4. The van der Waals surface area contributed by atoms with Gasteiger partial charge in [0, 0.05) is 18.5 Å². The summed E-state index contributed by atoms with van der Waals surface area (Å²) in [5, 5.41) is 10.4. The number of hydrogen-bond donors (Lipinski definition) is 1. The molecule has 17 heavy (non-hydrogen) atoms. The predicted octanol–water partition coefficient (Wildman–Crippen LogP) is 1.69. The molecular weight excluding hydrogens is 214 g/mol. The van der Waals surface area contributed by atoms with Crippen molar-refractivity contribution >= 4 is 5.82 Å². The van der Waals surface area contributed by atoms with Crippen molar-refractivity contribution in [3.05, 3.63) is 17.6 Å². The second kappa shape index (κ2) is 3.67. The summed E-state index contributed by atoms with van der Waals surface area (Å²) in [7, 11) is 0. The van der Waals surface area contributed by atoms with Crippen molar-refractivity contribution in [2.45, 2.75) is 40.2 Å². The van der Waals surface area contributed by atoms with Crippen LogP contribution in [0, 0.1) is 19.3 Å². The molecular formula is C13H21N3O. The molecule has 1 aromatic heterocycles. The van der Waals surface area contributed by atoms with Crippen molar-refractivity contribution < 1.29 is 5.11 Å². The number of nitrogens with zero attached hydrogens (tertiary/aromatic N) is 3. The van der Waals surface area contributed by atoms with Gasteiger partial charge in [-0.1, -0.05) is 13.8 Å². The molecule has 0 amide bonds. The highest BCUT2D eigenvalue weighted by Crippen LogP contribution is 2.39. The second-order valence-corrected chi connectivity index (χ2v) is 5.91. The van der Waals surface area contributed by atoms with E-state index in [1.807, 2.05) is 20.8 Å². The predicted molar refractivity (Wildman–Crippen MR) is 68.1 cm³/mol. The molecule has 4 heteroatoms. The fraction of sp³-hybridized carbons (Fsp3) is 0.692. The zero-order chi connectivity index (χ0) is 12.8. The molecule has 0 spiro atoms. The van der Waals surface area contributed by atoms with Crippen LogP contribution in [0.3, 0.4) is 0 Å². The Morgan fingerprint density at radius 1 is 1.18 bits per heavy atom. The Kier molecular flexibility index (Phi) is 2.65. The molecule has 0 radical (unpaired) electrons. The van der Waals surface area contributed by atoms with E-state index >= 15 is 0 Å². The van der Waals surface area contributed by atoms with E-state index in [9.17, 15) is 5.11 Å². The highest BCUT2D eigenvalue weighted by atomic mass is 16.3. The van der Waals surface area contributed by atoms with Crippen LogP contribution in [0.4, 0.5) is 5.82 Å². The van der Waals surface area contributed by atoms with Crippen LogP contribution >= 0.6 is 0 Å². The highest BCUT2D eigenvalue weighted by Gasteiger charge is 2.48. The molecule has 1 atom stereocenters. The Hall–Kier alpha value is -1.16. The van der Waals surface area contributed by atoms with Crippen LogP contribution in [-0.2, 0) is 0 Å². The molecule has 1 aliphatic rings. The molecule has 1 fully saturated rings. The van der Waals surface area contributed by atoms with Crippen LogP contribution < -0.4 is 4.90 Å². The molecule has 0 bridgehead atoms. The lowest BCUT2D eigenvalue weighted by molar-refractivity contribution is -0.00891. The van der Waals surface area contributed by atoms with Gasteiger partial charge in [0.15, 0.2) is 0 Å².